The van der Waals surface area contributed by atoms with E-state index in [1.807, 2.05) is 24.3 Å². The lowest BCUT2D eigenvalue weighted by molar-refractivity contribution is -0.137. The van der Waals surface area contributed by atoms with Gasteiger partial charge in [-0.25, -0.2) is 0 Å². The second-order valence-corrected chi connectivity index (χ2v) is 5.96. The Labute approximate surface area is 129 Å². The van der Waals surface area contributed by atoms with E-state index in [4.69, 9.17) is 14.3 Å². The maximum atomic E-state index is 10.5. The molecule has 1 aliphatic rings. The second kappa shape index (κ2) is 6.40. The van der Waals surface area contributed by atoms with Gasteiger partial charge in [-0.05, 0) is 49.4 Å². The van der Waals surface area contributed by atoms with Crippen LogP contribution >= 0.6 is 0 Å². The van der Waals surface area contributed by atoms with Crippen molar-refractivity contribution in [1.82, 2.24) is 5.32 Å². The average molecular weight is 303 g/mol. The Kier molecular flexibility index (Phi) is 4.34. The lowest BCUT2D eigenvalue weighted by Crippen LogP contribution is -2.40. The summed E-state index contributed by atoms with van der Waals surface area (Å²) < 4.78 is 11.0. The van der Waals surface area contributed by atoms with Crippen molar-refractivity contribution in [2.75, 3.05) is 7.11 Å². The molecule has 0 bridgehead atoms. The van der Waals surface area contributed by atoms with Crippen LogP contribution in [0.15, 0.2) is 28.7 Å². The summed E-state index contributed by atoms with van der Waals surface area (Å²) in [6.45, 7) is 0.702. The summed E-state index contributed by atoms with van der Waals surface area (Å²) in [5, 5.41) is 13.2. The fourth-order valence-corrected chi connectivity index (χ4v) is 3.00. The van der Waals surface area contributed by atoms with Crippen LogP contribution in [0.1, 0.15) is 31.4 Å². The van der Waals surface area contributed by atoms with Gasteiger partial charge in [0, 0.05) is 17.8 Å². The number of ether oxygens (including phenoxy) is 1. The number of hydrogen-bond donors (Lipinski definition) is 2. The number of furan rings is 1. The van der Waals surface area contributed by atoms with Crippen molar-refractivity contribution in [3.63, 3.8) is 0 Å². The Balaban J connectivity index is 1.47. The van der Waals surface area contributed by atoms with E-state index in [1.54, 1.807) is 7.11 Å². The fourth-order valence-electron chi connectivity index (χ4n) is 3.00. The number of rotatable bonds is 7. The van der Waals surface area contributed by atoms with E-state index >= 15 is 0 Å². The van der Waals surface area contributed by atoms with E-state index < -0.39 is 5.97 Å². The van der Waals surface area contributed by atoms with E-state index in [-0.39, 0.29) is 6.42 Å². The summed E-state index contributed by atoms with van der Waals surface area (Å²) in [6, 6.07) is 8.28. The third-order valence-corrected chi connectivity index (χ3v) is 4.34. The van der Waals surface area contributed by atoms with Crippen molar-refractivity contribution < 1.29 is 19.1 Å². The zero-order valence-corrected chi connectivity index (χ0v) is 12.7. The first-order chi connectivity index (χ1) is 10.6. The quantitative estimate of drug-likeness (QED) is 0.822. The Morgan fingerprint density at radius 2 is 2.23 bits per heavy atom. The Bertz CT molecular complexity index is 658. The highest BCUT2D eigenvalue weighted by Gasteiger charge is 2.28. The number of carbonyl (C=O) groups is 1. The summed E-state index contributed by atoms with van der Waals surface area (Å²) in [6.07, 6.45) is 3.18. The first-order valence-corrected chi connectivity index (χ1v) is 7.65. The third-order valence-electron chi connectivity index (χ3n) is 4.34. The van der Waals surface area contributed by atoms with E-state index in [0.717, 1.165) is 41.7 Å². The molecule has 118 valence electrons. The molecule has 3 rings (SSSR count). The van der Waals surface area contributed by atoms with Gasteiger partial charge in [0.15, 0.2) is 0 Å². The van der Waals surface area contributed by atoms with Gasteiger partial charge in [-0.2, -0.15) is 0 Å². The summed E-state index contributed by atoms with van der Waals surface area (Å²) in [5.41, 5.74) is 0.866. The number of methoxy groups -OCH3 is 1. The van der Waals surface area contributed by atoms with Gasteiger partial charge in [-0.3, -0.25) is 4.79 Å². The van der Waals surface area contributed by atoms with Crippen LogP contribution in [0.5, 0.6) is 5.75 Å². The minimum Gasteiger partial charge on any atom is -0.497 e. The number of carboxylic acids is 1. The minimum absolute atomic E-state index is 0.281. The van der Waals surface area contributed by atoms with Crippen molar-refractivity contribution in [3.05, 3.63) is 30.0 Å². The van der Waals surface area contributed by atoms with Crippen LogP contribution in [0.3, 0.4) is 0 Å². The molecule has 22 heavy (non-hydrogen) atoms. The van der Waals surface area contributed by atoms with Crippen LogP contribution in [0.2, 0.25) is 0 Å². The molecule has 0 radical (unpaired) electrons. The van der Waals surface area contributed by atoms with Gasteiger partial charge >= 0.3 is 5.97 Å². The molecular formula is C17H21NO4. The zero-order chi connectivity index (χ0) is 15.5. The third kappa shape index (κ3) is 3.42. The van der Waals surface area contributed by atoms with E-state index in [2.05, 4.69) is 5.32 Å². The molecule has 1 fully saturated rings. The highest BCUT2D eigenvalue weighted by Crippen LogP contribution is 2.32. The Morgan fingerprint density at radius 3 is 2.95 bits per heavy atom. The van der Waals surface area contributed by atoms with Crippen LogP contribution in [-0.2, 0) is 11.3 Å². The molecular weight excluding hydrogens is 282 g/mol. The minimum atomic E-state index is -0.700. The number of fused-ring (bicyclic) bond motifs is 1. The molecule has 0 spiro atoms. The normalized spacial score (nSPS) is 20.8. The fraction of sp³-hybridized carbons (Fsp3) is 0.471. The van der Waals surface area contributed by atoms with Gasteiger partial charge in [0.25, 0.3) is 0 Å². The molecule has 5 nitrogen and oxygen atoms in total. The molecule has 1 aromatic heterocycles. The van der Waals surface area contributed by atoms with Gasteiger partial charge < -0.3 is 19.6 Å². The highest BCUT2D eigenvalue weighted by atomic mass is 16.5. The molecule has 0 amide bonds. The molecule has 0 unspecified atom stereocenters. The van der Waals surface area contributed by atoms with Gasteiger partial charge in [0.05, 0.1) is 13.7 Å². The molecule has 2 aromatic rings. The lowest BCUT2D eigenvalue weighted by atomic mass is 9.77. The van der Waals surface area contributed by atoms with Crippen molar-refractivity contribution in [2.45, 2.75) is 38.3 Å². The number of aliphatic carboxylic acids is 1. The van der Waals surface area contributed by atoms with Gasteiger partial charge in [-0.1, -0.05) is 0 Å². The maximum Gasteiger partial charge on any atom is 0.303 e. The van der Waals surface area contributed by atoms with Crippen LogP contribution < -0.4 is 10.1 Å². The number of nitrogens with one attached hydrogen (secondary N) is 1. The van der Waals surface area contributed by atoms with Crippen molar-refractivity contribution in [3.8, 4) is 5.75 Å². The van der Waals surface area contributed by atoms with E-state index in [0.29, 0.717) is 18.5 Å². The molecule has 1 aromatic carbocycles. The first-order valence-electron chi connectivity index (χ1n) is 7.65. The SMILES string of the molecule is COc1ccc2oc(CNC3CC(CCC(=O)O)C3)cc2c1. The average Bonchev–Trinajstić information content (AvgIpc) is 2.86. The predicted octanol–water partition coefficient (Wildman–Crippen LogP) is 3.17. The van der Waals surface area contributed by atoms with Crippen molar-refractivity contribution in [1.29, 1.82) is 0 Å². The van der Waals surface area contributed by atoms with Gasteiger partial charge in [-0.15, -0.1) is 0 Å². The summed E-state index contributed by atoms with van der Waals surface area (Å²) in [5.74, 6) is 1.59. The predicted molar refractivity (Wildman–Crippen MR) is 83.0 cm³/mol. The van der Waals surface area contributed by atoms with E-state index in [1.165, 1.54) is 0 Å². The molecule has 1 saturated carbocycles. The smallest absolute Gasteiger partial charge is 0.303 e. The Hall–Kier alpha value is -2.01. The topological polar surface area (TPSA) is 71.7 Å². The maximum absolute atomic E-state index is 10.5. The number of hydrogen-bond acceptors (Lipinski definition) is 4. The second-order valence-electron chi connectivity index (χ2n) is 5.96. The largest absolute Gasteiger partial charge is 0.497 e. The molecule has 2 N–H and O–H groups in total. The van der Waals surface area contributed by atoms with Gasteiger partial charge in [0.1, 0.15) is 17.1 Å². The van der Waals surface area contributed by atoms with Crippen LogP contribution in [0.25, 0.3) is 11.0 Å². The monoisotopic (exact) mass is 303 g/mol. The summed E-state index contributed by atoms with van der Waals surface area (Å²) in [4.78, 5) is 10.5. The summed E-state index contributed by atoms with van der Waals surface area (Å²) in [7, 11) is 1.65. The zero-order valence-electron chi connectivity index (χ0n) is 12.7. The highest BCUT2D eigenvalue weighted by molar-refractivity contribution is 5.79. The number of benzene rings is 1. The Morgan fingerprint density at radius 1 is 1.41 bits per heavy atom. The molecule has 0 saturated heterocycles. The molecule has 0 atom stereocenters. The molecule has 0 aliphatic heterocycles. The number of carboxylic acid groups (broad SMARTS) is 1. The standard InChI is InChI=1S/C17H21NO4/c1-21-14-3-4-16-12(8-14)9-15(22-16)10-18-13-6-11(7-13)2-5-17(19)20/h3-4,8-9,11,13,18H,2,5-7,10H2,1H3,(H,19,20). The van der Waals surface area contributed by atoms with Crippen LogP contribution in [0.4, 0.5) is 0 Å². The van der Waals surface area contributed by atoms with E-state index in [9.17, 15) is 4.79 Å². The molecule has 5 heteroatoms. The first kappa shape index (κ1) is 14.9. The van der Waals surface area contributed by atoms with Crippen molar-refractivity contribution >= 4 is 16.9 Å². The molecule has 1 heterocycles. The van der Waals surface area contributed by atoms with Gasteiger partial charge in [0.2, 0.25) is 0 Å². The van der Waals surface area contributed by atoms with Crippen molar-refractivity contribution in [2.24, 2.45) is 5.92 Å². The molecule has 1 aliphatic carbocycles. The lowest BCUT2D eigenvalue weighted by Gasteiger charge is -2.35. The van der Waals surface area contributed by atoms with Crippen LogP contribution in [-0.4, -0.2) is 24.2 Å². The van der Waals surface area contributed by atoms with Crippen LogP contribution in [0, 0.1) is 5.92 Å². The summed E-state index contributed by atoms with van der Waals surface area (Å²) >= 11 is 0.